The van der Waals surface area contributed by atoms with Gasteiger partial charge >= 0.3 is 0 Å². The molecule has 1 heterocycles. The number of amides is 1. The van der Waals surface area contributed by atoms with E-state index in [-0.39, 0.29) is 5.91 Å². The minimum atomic E-state index is -0.167. The smallest absolute Gasteiger partial charge is 0.217 e. The van der Waals surface area contributed by atoms with E-state index in [4.69, 9.17) is 5.73 Å². The van der Waals surface area contributed by atoms with Gasteiger partial charge in [0.2, 0.25) is 5.91 Å². The number of carbonyl (C=O) groups is 1. The Bertz CT molecular complexity index is 180. The second-order valence-corrected chi connectivity index (χ2v) is 4.30. The van der Waals surface area contributed by atoms with Gasteiger partial charge in [-0.3, -0.25) is 4.79 Å². The van der Waals surface area contributed by atoms with Crippen molar-refractivity contribution in [2.75, 3.05) is 6.54 Å². The Morgan fingerprint density at radius 1 is 1.62 bits per heavy atom. The number of hydrogen-bond acceptors (Lipinski definition) is 2. The minimum Gasteiger partial charge on any atom is -0.370 e. The van der Waals surface area contributed by atoms with Crippen LogP contribution in [0.25, 0.3) is 0 Å². The van der Waals surface area contributed by atoms with Crippen LogP contribution >= 0.6 is 0 Å². The zero-order valence-corrected chi connectivity index (χ0v) is 8.55. The van der Waals surface area contributed by atoms with Gasteiger partial charge in [0.15, 0.2) is 0 Å². The summed E-state index contributed by atoms with van der Waals surface area (Å²) >= 11 is 0. The monoisotopic (exact) mass is 184 g/mol. The Kier molecular flexibility index (Phi) is 3.72. The van der Waals surface area contributed by atoms with E-state index in [1.54, 1.807) is 0 Å². The van der Waals surface area contributed by atoms with Gasteiger partial charge in [-0.1, -0.05) is 13.8 Å². The van der Waals surface area contributed by atoms with E-state index in [9.17, 15) is 4.79 Å². The normalized spacial score (nSPS) is 29.2. The van der Waals surface area contributed by atoms with Crippen molar-refractivity contribution in [3.63, 3.8) is 0 Å². The van der Waals surface area contributed by atoms with Crippen LogP contribution in [0.2, 0.25) is 0 Å². The van der Waals surface area contributed by atoms with Crippen LogP contribution in [0.3, 0.4) is 0 Å². The van der Waals surface area contributed by atoms with Crippen molar-refractivity contribution < 1.29 is 4.79 Å². The van der Waals surface area contributed by atoms with Crippen LogP contribution in [-0.4, -0.2) is 18.5 Å². The molecule has 1 fully saturated rings. The molecule has 1 aliphatic rings. The van der Waals surface area contributed by atoms with Crippen molar-refractivity contribution in [2.24, 2.45) is 17.6 Å². The lowest BCUT2D eigenvalue weighted by Crippen LogP contribution is -2.45. The molecular weight excluding hydrogens is 164 g/mol. The van der Waals surface area contributed by atoms with E-state index in [0.29, 0.717) is 24.3 Å². The fraction of sp³-hybridized carbons (Fsp3) is 0.900. The quantitative estimate of drug-likeness (QED) is 0.684. The van der Waals surface area contributed by atoms with Gasteiger partial charge in [0, 0.05) is 12.5 Å². The summed E-state index contributed by atoms with van der Waals surface area (Å²) in [7, 11) is 0. The maximum atomic E-state index is 10.8. The molecule has 0 aromatic heterocycles. The number of hydrogen-bond donors (Lipinski definition) is 2. The third-order valence-corrected chi connectivity index (χ3v) is 2.82. The summed E-state index contributed by atoms with van der Waals surface area (Å²) in [5.41, 5.74) is 5.22. The lowest BCUT2D eigenvalue weighted by atomic mass is 9.82. The van der Waals surface area contributed by atoms with Crippen molar-refractivity contribution in [1.29, 1.82) is 0 Å². The van der Waals surface area contributed by atoms with E-state index < -0.39 is 0 Å². The summed E-state index contributed by atoms with van der Waals surface area (Å²) in [6.07, 6.45) is 2.84. The van der Waals surface area contributed by atoms with E-state index in [1.165, 1.54) is 6.42 Å². The molecule has 0 saturated carbocycles. The van der Waals surface area contributed by atoms with Gasteiger partial charge < -0.3 is 11.1 Å². The van der Waals surface area contributed by atoms with Crippen molar-refractivity contribution in [3.05, 3.63) is 0 Å². The van der Waals surface area contributed by atoms with Gasteiger partial charge in [-0.2, -0.15) is 0 Å². The molecule has 0 unspecified atom stereocenters. The number of rotatable bonds is 3. The Morgan fingerprint density at radius 3 is 2.85 bits per heavy atom. The molecule has 0 aromatic rings. The van der Waals surface area contributed by atoms with E-state index in [1.807, 2.05) is 0 Å². The summed E-state index contributed by atoms with van der Waals surface area (Å²) < 4.78 is 0. The van der Waals surface area contributed by atoms with E-state index >= 15 is 0 Å². The lowest BCUT2D eigenvalue weighted by Gasteiger charge is -2.34. The van der Waals surface area contributed by atoms with Gasteiger partial charge in [-0.15, -0.1) is 0 Å². The van der Waals surface area contributed by atoms with Gasteiger partial charge in [0.1, 0.15) is 0 Å². The molecule has 1 saturated heterocycles. The van der Waals surface area contributed by atoms with Gasteiger partial charge in [0.25, 0.3) is 0 Å². The molecule has 2 atom stereocenters. The van der Waals surface area contributed by atoms with E-state index in [0.717, 1.165) is 13.0 Å². The number of piperidine rings is 1. The second kappa shape index (κ2) is 4.61. The summed E-state index contributed by atoms with van der Waals surface area (Å²) in [6.45, 7) is 5.46. The zero-order valence-electron chi connectivity index (χ0n) is 8.55. The van der Waals surface area contributed by atoms with Crippen LogP contribution in [-0.2, 0) is 4.79 Å². The van der Waals surface area contributed by atoms with E-state index in [2.05, 4.69) is 19.2 Å². The van der Waals surface area contributed by atoms with Gasteiger partial charge in [0.05, 0.1) is 0 Å². The number of nitrogens with two attached hydrogens (primary N) is 1. The predicted octanol–water partition coefficient (Wildman–Crippen LogP) is 0.886. The number of primary amides is 1. The fourth-order valence-electron chi connectivity index (χ4n) is 2.25. The highest BCUT2D eigenvalue weighted by atomic mass is 16.1. The highest BCUT2D eigenvalue weighted by Crippen LogP contribution is 2.24. The summed E-state index contributed by atoms with van der Waals surface area (Å²) in [5, 5.41) is 3.47. The number of carbonyl (C=O) groups excluding carboxylic acids is 1. The molecular formula is C10H20N2O. The van der Waals surface area contributed by atoms with Crippen LogP contribution in [0.1, 0.15) is 33.1 Å². The highest BCUT2D eigenvalue weighted by molar-refractivity contribution is 5.74. The van der Waals surface area contributed by atoms with Crippen molar-refractivity contribution in [3.8, 4) is 0 Å². The molecule has 0 aliphatic carbocycles. The second-order valence-electron chi connectivity index (χ2n) is 4.30. The average Bonchev–Trinajstić information content (AvgIpc) is 2.03. The molecule has 1 aliphatic heterocycles. The van der Waals surface area contributed by atoms with Crippen molar-refractivity contribution in [2.45, 2.75) is 39.2 Å². The third kappa shape index (κ3) is 2.99. The first-order valence-electron chi connectivity index (χ1n) is 5.13. The SMILES string of the molecule is CC(C)[C@H]1NCCC[C@@H]1CC(N)=O. The standard InChI is InChI=1S/C10H20N2O/c1-7(2)10-8(6-9(11)13)4-3-5-12-10/h7-8,10,12H,3-6H2,1-2H3,(H2,11,13)/t8-,10-/m1/s1. The van der Waals surface area contributed by atoms with Crippen molar-refractivity contribution in [1.82, 2.24) is 5.32 Å². The molecule has 1 amide bonds. The molecule has 0 aromatic carbocycles. The Morgan fingerprint density at radius 2 is 2.31 bits per heavy atom. The molecule has 0 bridgehead atoms. The van der Waals surface area contributed by atoms with Crippen LogP contribution < -0.4 is 11.1 Å². The topological polar surface area (TPSA) is 55.1 Å². The molecule has 3 heteroatoms. The molecule has 3 nitrogen and oxygen atoms in total. The predicted molar refractivity (Wildman–Crippen MR) is 53.2 cm³/mol. The average molecular weight is 184 g/mol. The van der Waals surface area contributed by atoms with Crippen LogP contribution in [0.4, 0.5) is 0 Å². The minimum absolute atomic E-state index is 0.167. The molecule has 76 valence electrons. The third-order valence-electron chi connectivity index (χ3n) is 2.82. The van der Waals surface area contributed by atoms with Crippen molar-refractivity contribution >= 4 is 5.91 Å². The maximum absolute atomic E-state index is 10.8. The fourth-order valence-corrected chi connectivity index (χ4v) is 2.25. The molecule has 3 N–H and O–H groups in total. The summed E-state index contributed by atoms with van der Waals surface area (Å²) in [6, 6.07) is 0.473. The largest absolute Gasteiger partial charge is 0.370 e. The maximum Gasteiger partial charge on any atom is 0.217 e. The van der Waals surface area contributed by atoms with Crippen LogP contribution in [0, 0.1) is 11.8 Å². The van der Waals surface area contributed by atoms with Gasteiger partial charge in [-0.05, 0) is 31.2 Å². The summed E-state index contributed by atoms with van der Waals surface area (Å²) in [5.74, 6) is 0.871. The molecule has 13 heavy (non-hydrogen) atoms. The Hall–Kier alpha value is -0.570. The lowest BCUT2D eigenvalue weighted by molar-refractivity contribution is -0.119. The Labute approximate surface area is 80.1 Å². The summed E-state index contributed by atoms with van der Waals surface area (Å²) in [4.78, 5) is 10.8. The van der Waals surface area contributed by atoms with Crippen LogP contribution in [0.5, 0.6) is 0 Å². The van der Waals surface area contributed by atoms with Crippen LogP contribution in [0.15, 0.2) is 0 Å². The highest BCUT2D eigenvalue weighted by Gasteiger charge is 2.27. The molecule has 1 rings (SSSR count). The number of nitrogens with one attached hydrogen (secondary N) is 1. The first kappa shape index (κ1) is 10.5. The Balaban J connectivity index is 2.51. The molecule has 0 radical (unpaired) electrons. The molecule has 0 spiro atoms. The van der Waals surface area contributed by atoms with Gasteiger partial charge in [-0.25, -0.2) is 0 Å². The first-order valence-corrected chi connectivity index (χ1v) is 5.13. The first-order chi connectivity index (χ1) is 6.11. The zero-order chi connectivity index (χ0) is 9.84.